The molecule has 1 amide bonds. The summed E-state index contributed by atoms with van der Waals surface area (Å²) >= 11 is 0. The zero-order chi connectivity index (χ0) is 27.6. The van der Waals surface area contributed by atoms with Crippen LogP contribution in [0.1, 0.15) is 6.92 Å². The standard InChI is InChI=1S/C20H35NO16/c1-5(25)21-9-17(10(27)7(3-23)33-18(9)32)37-20-14(31)12(29)16(36-20)8(4-24)34-19-13(30)11(28)15(35-19)6(26)2-22/h6-20,22-24,26-32H,2-4H2,1H3,(H,21,25)/t6-,7-,8-,9-,10-,11-,12-,13-,14-,15+,16+,17-,18-,19-,20+/m1/s1. The highest BCUT2D eigenvalue weighted by molar-refractivity contribution is 5.73. The molecular formula is C20H35NO16. The second-order valence-corrected chi connectivity index (χ2v) is 9.07. The van der Waals surface area contributed by atoms with Crippen molar-refractivity contribution in [1.29, 1.82) is 0 Å². The predicted octanol–water partition coefficient (Wildman–Crippen LogP) is -7.43. The summed E-state index contributed by atoms with van der Waals surface area (Å²) in [5.41, 5.74) is 0. The highest BCUT2D eigenvalue weighted by atomic mass is 16.7. The zero-order valence-corrected chi connectivity index (χ0v) is 19.7. The van der Waals surface area contributed by atoms with Gasteiger partial charge in [-0.3, -0.25) is 4.79 Å². The topological polar surface area (TPSA) is 278 Å². The highest BCUT2D eigenvalue weighted by Crippen LogP contribution is 2.33. The number of hydrogen-bond acceptors (Lipinski definition) is 16. The third-order valence-corrected chi connectivity index (χ3v) is 6.47. The van der Waals surface area contributed by atoms with Gasteiger partial charge in [0.1, 0.15) is 73.2 Å². The van der Waals surface area contributed by atoms with Gasteiger partial charge < -0.3 is 80.1 Å². The van der Waals surface area contributed by atoms with Gasteiger partial charge in [0, 0.05) is 6.92 Å². The molecule has 3 saturated heterocycles. The van der Waals surface area contributed by atoms with Gasteiger partial charge in [-0.1, -0.05) is 0 Å². The van der Waals surface area contributed by atoms with Crippen LogP contribution in [0.25, 0.3) is 0 Å². The van der Waals surface area contributed by atoms with Crippen LogP contribution < -0.4 is 5.32 Å². The Morgan fingerprint density at radius 2 is 1.43 bits per heavy atom. The molecular weight excluding hydrogens is 510 g/mol. The lowest BCUT2D eigenvalue weighted by Gasteiger charge is -2.43. The van der Waals surface area contributed by atoms with Crippen LogP contribution in [0, 0.1) is 0 Å². The summed E-state index contributed by atoms with van der Waals surface area (Å²) in [6, 6.07) is -1.37. The van der Waals surface area contributed by atoms with Crippen LogP contribution in [0.2, 0.25) is 0 Å². The van der Waals surface area contributed by atoms with E-state index in [1.165, 1.54) is 0 Å². The lowest BCUT2D eigenvalue weighted by atomic mass is 9.96. The van der Waals surface area contributed by atoms with E-state index in [2.05, 4.69) is 5.32 Å². The van der Waals surface area contributed by atoms with Crippen molar-refractivity contribution in [1.82, 2.24) is 5.32 Å². The Hall–Kier alpha value is -1.13. The third-order valence-electron chi connectivity index (χ3n) is 6.47. The summed E-state index contributed by atoms with van der Waals surface area (Å²) in [4.78, 5) is 11.6. The van der Waals surface area contributed by atoms with Gasteiger partial charge in [0.05, 0.1) is 19.8 Å². The van der Waals surface area contributed by atoms with Gasteiger partial charge in [0.25, 0.3) is 0 Å². The summed E-state index contributed by atoms with van der Waals surface area (Å²) in [5.74, 6) is -0.627. The highest BCUT2D eigenvalue weighted by Gasteiger charge is 2.54. The van der Waals surface area contributed by atoms with Gasteiger partial charge in [-0.15, -0.1) is 0 Å². The van der Waals surface area contributed by atoms with Crippen LogP contribution in [0.15, 0.2) is 0 Å². The summed E-state index contributed by atoms with van der Waals surface area (Å²) in [6.07, 6.45) is -22.4. The van der Waals surface area contributed by atoms with Crippen LogP contribution in [0.5, 0.6) is 0 Å². The number of carbonyl (C=O) groups excluding carboxylic acids is 1. The quantitative estimate of drug-likeness (QED) is 0.122. The van der Waals surface area contributed by atoms with E-state index < -0.39 is 118 Å². The number of hydrogen-bond donors (Lipinski definition) is 11. The molecule has 3 aliphatic rings. The van der Waals surface area contributed by atoms with Crippen LogP contribution in [0.3, 0.4) is 0 Å². The molecule has 17 heteroatoms. The molecule has 37 heavy (non-hydrogen) atoms. The average Bonchev–Trinajstić information content (AvgIpc) is 3.31. The van der Waals surface area contributed by atoms with Gasteiger partial charge in [0.2, 0.25) is 5.91 Å². The fourth-order valence-electron chi connectivity index (χ4n) is 4.48. The Morgan fingerprint density at radius 3 is 2.00 bits per heavy atom. The van der Waals surface area contributed by atoms with E-state index in [4.69, 9.17) is 28.8 Å². The molecule has 3 aliphatic heterocycles. The molecule has 0 saturated carbocycles. The lowest BCUT2D eigenvalue weighted by molar-refractivity contribution is -0.299. The van der Waals surface area contributed by atoms with E-state index in [1.54, 1.807) is 0 Å². The molecule has 216 valence electrons. The van der Waals surface area contributed by atoms with E-state index >= 15 is 0 Å². The van der Waals surface area contributed by atoms with Gasteiger partial charge in [0.15, 0.2) is 18.9 Å². The lowest BCUT2D eigenvalue weighted by Crippen LogP contribution is -2.65. The fraction of sp³-hybridized carbons (Fsp3) is 0.950. The van der Waals surface area contributed by atoms with Gasteiger partial charge >= 0.3 is 0 Å². The van der Waals surface area contributed by atoms with Crippen LogP contribution >= 0.6 is 0 Å². The van der Waals surface area contributed by atoms with Crippen LogP contribution in [-0.4, -0.2) is 169 Å². The number of amides is 1. The van der Waals surface area contributed by atoms with E-state index in [-0.39, 0.29) is 0 Å². The SMILES string of the molecule is CC(=O)N[C@@H]1[C@@H](O[C@@H]2O[C@@H]([C@@H](CO)O[C@@H]3O[C@@H]([C@H](O)CO)[C@H](O)[C@H]3O)[C@H](O)[C@H]2O)[C@H](O)[C@@H](CO)O[C@H]1O. The fourth-order valence-corrected chi connectivity index (χ4v) is 4.48. The van der Waals surface area contributed by atoms with Crippen LogP contribution in [-0.2, 0) is 28.5 Å². The van der Waals surface area contributed by atoms with E-state index in [0.717, 1.165) is 6.92 Å². The Balaban J connectivity index is 1.72. The predicted molar refractivity (Wildman–Crippen MR) is 113 cm³/mol. The molecule has 0 bridgehead atoms. The minimum Gasteiger partial charge on any atom is -0.394 e. The van der Waals surface area contributed by atoms with Crippen LogP contribution in [0.4, 0.5) is 0 Å². The molecule has 11 N–H and O–H groups in total. The molecule has 15 atom stereocenters. The molecule has 0 spiro atoms. The first kappa shape index (κ1) is 30.4. The van der Waals surface area contributed by atoms with Gasteiger partial charge in [-0.2, -0.15) is 0 Å². The van der Waals surface area contributed by atoms with Gasteiger partial charge in [-0.05, 0) is 0 Å². The van der Waals surface area contributed by atoms with Crippen molar-refractivity contribution in [2.24, 2.45) is 0 Å². The van der Waals surface area contributed by atoms with Crippen molar-refractivity contribution in [3.8, 4) is 0 Å². The van der Waals surface area contributed by atoms with Crippen molar-refractivity contribution in [2.45, 2.75) is 99.0 Å². The normalized spacial score (nSPS) is 46.1. The Labute approximate surface area is 210 Å². The van der Waals surface area contributed by atoms with Crippen molar-refractivity contribution in [3.05, 3.63) is 0 Å². The van der Waals surface area contributed by atoms with Crippen molar-refractivity contribution in [3.63, 3.8) is 0 Å². The first-order chi connectivity index (χ1) is 17.4. The van der Waals surface area contributed by atoms with Gasteiger partial charge in [-0.25, -0.2) is 0 Å². The van der Waals surface area contributed by atoms with Crippen molar-refractivity contribution < 1.29 is 79.5 Å². The molecule has 0 unspecified atom stereocenters. The van der Waals surface area contributed by atoms with E-state index in [1.807, 2.05) is 0 Å². The molecule has 0 aliphatic carbocycles. The Bertz CT molecular complexity index is 747. The number of carbonyl (C=O) groups is 1. The maximum Gasteiger partial charge on any atom is 0.217 e. The largest absolute Gasteiger partial charge is 0.394 e. The van der Waals surface area contributed by atoms with Crippen molar-refractivity contribution >= 4 is 5.91 Å². The number of ether oxygens (including phenoxy) is 5. The second-order valence-electron chi connectivity index (χ2n) is 9.07. The number of aliphatic hydroxyl groups is 10. The smallest absolute Gasteiger partial charge is 0.217 e. The minimum absolute atomic E-state index is 0.627. The second kappa shape index (κ2) is 12.8. The Morgan fingerprint density at radius 1 is 0.838 bits per heavy atom. The summed E-state index contributed by atoms with van der Waals surface area (Å²) in [7, 11) is 0. The summed E-state index contributed by atoms with van der Waals surface area (Å²) < 4.78 is 26.8. The minimum atomic E-state index is -1.80. The summed E-state index contributed by atoms with van der Waals surface area (Å²) in [5, 5.41) is 102. The third kappa shape index (κ3) is 6.38. The van der Waals surface area contributed by atoms with E-state index in [9.17, 15) is 50.8 Å². The zero-order valence-electron chi connectivity index (χ0n) is 19.7. The molecule has 17 nitrogen and oxygen atoms in total. The molecule has 0 aromatic carbocycles. The monoisotopic (exact) mass is 545 g/mol. The molecule has 0 radical (unpaired) electrons. The molecule has 3 heterocycles. The molecule has 0 aromatic rings. The van der Waals surface area contributed by atoms with E-state index in [0.29, 0.717) is 0 Å². The number of nitrogens with one attached hydrogen (secondary N) is 1. The Kier molecular flexibility index (Phi) is 10.5. The summed E-state index contributed by atoms with van der Waals surface area (Å²) in [6.45, 7) is -1.24. The first-order valence-electron chi connectivity index (χ1n) is 11.6. The maximum absolute atomic E-state index is 11.6. The molecule has 3 fully saturated rings. The number of rotatable bonds is 10. The first-order valence-corrected chi connectivity index (χ1v) is 11.6. The average molecular weight is 545 g/mol. The van der Waals surface area contributed by atoms with Crippen molar-refractivity contribution in [2.75, 3.05) is 19.8 Å². The number of aliphatic hydroxyl groups excluding tert-OH is 10. The maximum atomic E-state index is 11.6. The molecule has 3 rings (SSSR count). The molecule has 0 aromatic heterocycles.